The lowest BCUT2D eigenvalue weighted by Crippen LogP contribution is -2.76. The molecule has 1 unspecified atom stereocenters. The van der Waals surface area contributed by atoms with E-state index in [1.807, 2.05) is 42.5 Å². The second kappa shape index (κ2) is 13.8. The first-order chi connectivity index (χ1) is 21.2. The Labute approximate surface area is 259 Å². The number of nitrogens with zero attached hydrogens (tertiary/aromatic N) is 5. The van der Waals surface area contributed by atoms with Gasteiger partial charge in [-0.15, -0.1) is 0 Å². The number of hydrogen-bond donors (Lipinski definition) is 2. The van der Waals surface area contributed by atoms with Crippen LogP contribution >= 0.6 is 0 Å². The summed E-state index contributed by atoms with van der Waals surface area (Å²) < 4.78 is 0. The van der Waals surface area contributed by atoms with Gasteiger partial charge >= 0.3 is 6.03 Å². The number of hydrogen-bond acceptors (Lipinski definition) is 6. The van der Waals surface area contributed by atoms with E-state index in [0.29, 0.717) is 13.1 Å². The fourth-order valence-electron chi connectivity index (χ4n) is 5.99. The Morgan fingerprint density at radius 1 is 0.977 bits per heavy atom. The topological polar surface area (TPSA) is 99.7 Å². The number of urea groups is 1. The van der Waals surface area contributed by atoms with Gasteiger partial charge in [0.15, 0.2) is 0 Å². The average Bonchev–Trinajstić information content (AvgIpc) is 3.02. The number of amides is 4. The number of rotatable bonds is 10. The number of aromatic hydroxyl groups is 1. The number of phenols is 1. The van der Waals surface area contributed by atoms with Crippen LogP contribution in [0.4, 0.5) is 10.5 Å². The van der Waals surface area contributed by atoms with Crippen molar-refractivity contribution in [1.82, 2.24) is 25.1 Å². The van der Waals surface area contributed by atoms with Crippen molar-refractivity contribution in [2.75, 3.05) is 38.6 Å². The van der Waals surface area contributed by atoms with Crippen LogP contribution in [0.3, 0.4) is 0 Å². The van der Waals surface area contributed by atoms with Crippen molar-refractivity contribution < 1.29 is 19.5 Å². The minimum Gasteiger partial charge on any atom is -0.508 e. The van der Waals surface area contributed by atoms with Crippen LogP contribution < -0.4 is 10.2 Å². The highest BCUT2D eigenvalue weighted by Gasteiger charge is 2.50. The van der Waals surface area contributed by atoms with Gasteiger partial charge in [-0.1, -0.05) is 67.9 Å². The van der Waals surface area contributed by atoms with Crippen molar-refractivity contribution in [1.29, 1.82) is 0 Å². The summed E-state index contributed by atoms with van der Waals surface area (Å²) in [5.41, 5.74) is 3.83. The smallest absolute Gasteiger partial charge is 0.334 e. The first-order valence-corrected chi connectivity index (χ1v) is 15.2. The zero-order valence-corrected chi connectivity index (χ0v) is 25.7. The van der Waals surface area contributed by atoms with Gasteiger partial charge in [-0.2, -0.15) is 0 Å². The number of unbranched alkanes of at least 4 members (excludes halogenated alkanes) is 1. The maximum absolute atomic E-state index is 14.2. The molecule has 0 saturated carbocycles. The minimum atomic E-state index is -0.806. The van der Waals surface area contributed by atoms with Crippen molar-refractivity contribution in [3.63, 3.8) is 0 Å². The van der Waals surface area contributed by atoms with Gasteiger partial charge in [0, 0.05) is 45.8 Å². The number of carbonyl (C=O) groups excluding carboxylic acids is 3. The number of nitrogens with one attached hydrogen (secondary N) is 1. The summed E-state index contributed by atoms with van der Waals surface area (Å²) in [6.45, 7) is 3.94. The highest BCUT2D eigenvalue weighted by atomic mass is 16.3. The van der Waals surface area contributed by atoms with Crippen LogP contribution in [0.2, 0.25) is 0 Å². The van der Waals surface area contributed by atoms with Crippen LogP contribution in [0, 0.1) is 0 Å². The van der Waals surface area contributed by atoms with E-state index in [4.69, 9.17) is 0 Å². The zero-order valence-electron chi connectivity index (χ0n) is 25.7. The molecule has 5 rings (SSSR count). The third-order valence-electron chi connectivity index (χ3n) is 8.37. The van der Waals surface area contributed by atoms with E-state index in [0.717, 1.165) is 41.8 Å². The molecule has 2 fully saturated rings. The van der Waals surface area contributed by atoms with Crippen LogP contribution in [0.25, 0.3) is 0 Å². The average molecular weight is 599 g/mol. The van der Waals surface area contributed by atoms with E-state index >= 15 is 0 Å². The largest absolute Gasteiger partial charge is 0.508 e. The monoisotopic (exact) mass is 598 g/mol. The first-order valence-electron chi connectivity index (χ1n) is 15.2. The number of carbonyl (C=O) groups is 3. The molecule has 44 heavy (non-hydrogen) atoms. The second-order valence-corrected chi connectivity index (χ2v) is 11.6. The lowest BCUT2D eigenvalue weighted by Gasteiger charge is -2.54. The molecule has 2 N–H and O–H groups in total. The fraction of sp³-hybridized carbons (Fsp3) is 0.382. The van der Waals surface area contributed by atoms with Gasteiger partial charge in [-0.25, -0.2) is 14.8 Å². The van der Waals surface area contributed by atoms with Gasteiger partial charge in [0.05, 0.1) is 13.1 Å². The quantitative estimate of drug-likeness (QED) is 0.368. The molecular formula is C34H42N6O4. The molecule has 2 aliphatic rings. The Hall–Kier alpha value is -4.57. The molecular weight excluding hydrogens is 556 g/mol. The molecule has 2 atom stereocenters. The van der Waals surface area contributed by atoms with Crippen LogP contribution in [-0.2, 0) is 29.1 Å². The van der Waals surface area contributed by atoms with Crippen LogP contribution in [0.1, 0.15) is 36.5 Å². The molecule has 4 amide bonds. The molecule has 0 bridgehead atoms. The molecule has 0 spiro atoms. The third kappa shape index (κ3) is 6.97. The molecule has 10 nitrogen and oxygen atoms in total. The van der Waals surface area contributed by atoms with Gasteiger partial charge in [0.25, 0.3) is 0 Å². The highest BCUT2D eigenvalue weighted by Crippen LogP contribution is 2.29. The summed E-state index contributed by atoms with van der Waals surface area (Å²) in [6.07, 6.45) is 1.77. The van der Waals surface area contributed by atoms with E-state index in [1.165, 1.54) is 0 Å². The van der Waals surface area contributed by atoms with E-state index in [9.17, 15) is 19.5 Å². The highest BCUT2D eigenvalue weighted by molar-refractivity contribution is 5.91. The van der Waals surface area contributed by atoms with E-state index in [1.54, 1.807) is 51.1 Å². The number of anilines is 1. The minimum absolute atomic E-state index is 0.0270. The Balaban J connectivity index is 1.44. The number of phenolic OH excluding ortho intramolecular Hbond substituents is 1. The molecule has 2 saturated heterocycles. The van der Waals surface area contributed by atoms with Crippen molar-refractivity contribution in [3.8, 4) is 5.75 Å². The standard InChI is InChI=1S/C34H42N6O4/c1-4-5-18-36(2)28-13-9-12-27(19-28)22-38-23-31-39(30(33(38)43)20-25-14-16-29(41)17-15-25)32(42)24-37(3)40(31)34(44)35-21-26-10-7-6-8-11-26/h6-17,19,30-31,41H,4-5,18,20-24H2,1-3H3,(H,35,44)/t30-,31?/m0/s1. The molecule has 2 aliphatic heterocycles. The lowest BCUT2D eigenvalue weighted by molar-refractivity contribution is -0.187. The van der Waals surface area contributed by atoms with Crippen LogP contribution in [-0.4, -0.2) is 88.7 Å². The van der Waals surface area contributed by atoms with E-state index in [2.05, 4.69) is 36.3 Å². The summed E-state index contributed by atoms with van der Waals surface area (Å²) >= 11 is 0. The third-order valence-corrected chi connectivity index (χ3v) is 8.37. The van der Waals surface area contributed by atoms with Gasteiger partial charge in [0.1, 0.15) is 18.0 Å². The summed E-state index contributed by atoms with van der Waals surface area (Å²) in [5.74, 6) is -0.244. The van der Waals surface area contributed by atoms with E-state index < -0.39 is 12.2 Å². The molecule has 0 aliphatic carbocycles. The Kier molecular flexibility index (Phi) is 9.69. The Bertz CT molecular complexity index is 1450. The van der Waals surface area contributed by atoms with Crippen molar-refractivity contribution in [2.45, 2.75) is 51.5 Å². The maximum atomic E-state index is 14.2. The lowest BCUT2D eigenvalue weighted by atomic mass is 9.98. The molecule has 232 valence electrons. The van der Waals surface area contributed by atoms with Gasteiger partial charge in [-0.05, 0) is 47.4 Å². The molecule has 3 aromatic rings. The number of piperazine rings is 1. The number of likely N-dealkylation sites (N-methyl/N-ethyl adjacent to an activating group) is 1. The Morgan fingerprint density at radius 2 is 1.70 bits per heavy atom. The number of fused-ring (bicyclic) bond motifs is 1. The Morgan fingerprint density at radius 3 is 2.43 bits per heavy atom. The summed E-state index contributed by atoms with van der Waals surface area (Å²) in [6, 6.07) is 23.4. The van der Waals surface area contributed by atoms with Crippen LogP contribution in [0.5, 0.6) is 5.75 Å². The van der Waals surface area contributed by atoms with Gasteiger partial charge in [0.2, 0.25) is 11.8 Å². The van der Waals surface area contributed by atoms with Gasteiger partial charge in [-0.3, -0.25) is 9.59 Å². The molecule has 3 aromatic carbocycles. The molecule has 2 heterocycles. The molecule has 0 radical (unpaired) electrons. The second-order valence-electron chi connectivity index (χ2n) is 11.6. The number of hydrazine groups is 1. The van der Waals surface area contributed by atoms with E-state index in [-0.39, 0.29) is 43.1 Å². The maximum Gasteiger partial charge on any atom is 0.334 e. The summed E-state index contributed by atoms with van der Waals surface area (Å²) in [7, 11) is 3.80. The summed E-state index contributed by atoms with van der Waals surface area (Å²) in [5, 5.41) is 16.0. The molecule has 10 heteroatoms. The van der Waals surface area contributed by atoms with Crippen LogP contribution in [0.15, 0.2) is 78.9 Å². The summed E-state index contributed by atoms with van der Waals surface area (Å²) in [4.78, 5) is 47.0. The predicted molar refractivity (Wildman–Crippen MR) is 169 cm³/mol. The SMILES string of the molecule is CCCCN(C)c1cccc(CN2CC3N(C(=O)CN(C)N3C(=O)NCc3ccccc3)[C@@H](Cc3ccc(O)cc3)C2=O)c1. The normalized spacial score (nSPS) is 18.8. The number of benzene rings is 3. The van der Waals surface area contributed by atoms with Crippen molar-refractivity contribution in [2.24, 2.45) is 0 Å². The zero-order chi connectivity index (χ0) is 31.2. The molecule has 0 aromatic heterocycles. The van der Waals surface area contributed by atoms with Crippen molar-refractivity contribution in [3.05, 3.63) is 95.6 Å². The predicted octanol–water partition coefficient (Wildman–Crippen LogP) is 3.81. The first kappa shape index (κ1) is 30.9. The fourth-order valence-corrected chi connectivity index (χ4v) is 5.99. The van der Waals surface area contributed by atoms with Crippen molar-refractivity contribution >= 4 is 23.5 Å². The van der Waals surface area contributed by atoms with Gasteiger partial charge < -0.3 is 25.1 Å².